The van der Waals surface area contributed by atoms with Crippen molar-refractivity contribution >= 4 is 51.5 Å². The molecule has 1 aliphatic heterocycles. The van der Waals surface area contributed by atoms with E-state index in [-0.39, 0.29) is 30.4 Å². The molecule has 0 atom stereocenters. The number of ether oxygens (including phenoxy) is 3. The summed E-state index contributed by atoms with van der Waals surface area (Å²) in [5.74, 6) is -0.242. The van der Waals surface area contributed by atoms with Gasteiger partial charge in [0.25, 0.3) is 5.91 Å². The Bertz CT molecular complexity index is 1370. The van der Waals surface area contributed by atoms with Crippen LogP contribution in [0.25, 0.3) is 6.08 Å². The fourth-order valence-corrected chi connectivity index (χ4v) is 4.11. The molecule has 0 bridgehead atoms. The molecule has 36 heavy (non-hydrogen) atoms. The molecule has 1 fully saturated rings. The van der Waals surface area contributed by atoms with Gasteiger partial charge in [-0.2, -0.15) is 0 Å². The van der Waals surface area contributed by atoms with Crippen molar-refractivity contribution in [2.75, 3.05) is 14.2 Å². The Kier molecular flexibility index (Phi) is 7.66. The molecule has 9 nitrogen and oxygen atoms in total. The van der Waals surface area contributed by atoms with Crippen LogP contribution in [0.15, 0.2) is 63.1 Å². The Labute approximate surface area is 219 Å². The van der Waals surface area contributed by atoms with Crippen molar-refractivity contribution in [3.63, 3.8) is 0 Å². The number of methoxy groups -OCH3 is 2. The second kappa shape index (κ2) is 10.9. The largest absolute Gasteiger partial charge is 0.493 e. The number of esters is 1. The molecule has 3 amide bonds. The van der Waals surface area contributed by atoms with Gasteiger partial charge in [0.15, 0.2) is 11.5 Å². The van der Waals surface area contributed by atoms with Gasteiger partial charge in [-0.1, -0.05) is 45.7 Å². The number of benzene rings is 2. The molecule has 0 aliphatic carbocycles. The van der Waals surface area contributed by atoms with Crippen LogP contribution in [0.2, 0.25) is 5.02 Å². The van der Waals surface area contributed by atoms with Crippen molar-refractivity contribution in [3.05, 3.63) is 86.4 Å². The molecule has 0 radical (unpaired) electrons. The third-order valence-electron chi connectivity index (χ3n) is 5.22. The van der Waals surface area contributed by atoms with Crippen molar-refractivity contribution in [1.82, 2.24) is 10.2 Å². The number of rotatable bonds is 8. The van der Waals surface area contributed by atoms with E-state index in [1.54, 1.807) is 18.2 Å². The Morgan fingerprint density at radius 3 is 2.67 bits per heavy atom. The van der Waals surface area contributed by atoms with Crippen molar-refractivity contribution in [1.29, 1.82) is 0 Å². The van der Waals surface area contributed by atoms with Crippen molar-refractivity contribution in [2.24, 2.45) is 0 Å². The maximum absolute atomic E-state index is 13.0. The molecule has 2 heterocycles. The zero-order valence-corrected chi connectivity index (χ0v) is 21.5. The summed E-state index contributed by atoms with van der Waals surface area (Å²) >= 11 is 9.68. The normalized spacial score (nSPS) is 14.2. The first kappa shape index (κ1) is 25.3. The first-order chi connectivity index (χ1) is 17.3. The number of urea groups is 1. The topological polar surface area (TPSA) is 107 Å². The summed E-state index contributed by atoms with van der Waals surface area (Å²) in [7, 11) is 2.72. The van der Waals surface area contributed by atoms with Crippen LogP contribution in [0.5, 0.6) is 11.5 Å². The lowest BCUT2D eigenvalue weighted by atomic mass is 10.1. The van der Waals surface area contributed by atoms with Crippen molar-refractivity contribution < 1.29 is 33.0 Å². The Morgan fingerprint density at radius 1 is 1.17 bits per heavy atom. The van der Waals surface area contributed by atoms with Gasteiger partial charge in [0.05, 0.1) is 20.8 Å². The summed E-state index contributed by atoms with van der Waals surface area (Å²) in [6.45, 7) is -0.0159. The monoisotopic (exact) mass is 574 g/mol. The summed E-state index contributed by atoms with van der Waals surface area (Å²) < 4.78 is 22.2. The number of hydrogen-bond acceptors (Lipinski definition) is 7. The maximum atomic E-state index is 13.0. The van der Waals surface area contributed by atoms with Gasteiger partial charge in [-0.05, 0) is 36.4 Å². The fraction of sp³-hybridized carbons (Fsp3) is 0.160. The standard InChI is InChI=1S/C25H20BrClN2O7/c1-33-21-11-16(26)9-15(22(21)35-13-14-5-3-4-6-18(14)27)10-19-23(30)29(25(32)28-19)12-17-7-8-20(36-17)24(31)34-2/h3-11H,12-13H2,1-2H3,(H,28,32)/b19-10-. The molecule has 1 saturated heterocycles. The molecular formula is C25H20BrClN2O7. The van der Waals surface area contributed by atoms with Gasteiger partial charge in [-0.25, -0.2) is 9.59 Å². The first-order valence-electron chi connectivity index (χ1n) is 10.6. The predicted molar refractivity (Wildman–Crippen MR) is 134 cm³/mol. The highest BCUT2D eigenvalue weighted by Crippen LogP contribution is 2.37. The summed E-state index contributed by atoms with van der Waals surface area (Å²) in [5.41, 5.74) is 1.29. The van der Waals surface area contributed by atoms with Gasteiger partial charge in [0.1, 0.15) is 18.1 Å². The molecule has 3 aromatic rings. The molecule has 0 spiro atoms. The van der Waals surface area contributed by atoms with Crippen LogP contribution in [0.3, 0.4) is 0 Å². The average Bonchev–Trinajstić information content (AvgIpc) is 3.44. The number of furan rings is 1. The SMILES string of the molecule is COC(=O)c1ccc(CN2C(=O)N/C(=C\c3cc(Br)cc(OC)c3OCc3ccccc3Cl)C2=O)o1. The maximum Gasteiger partial charge on any atom is 0.373 e. The lowest BCUT2D eigenvalue weighted by Crippen LogP contribution is -2.30. The number of nitrogens with one attached hydrogen (secondary N) is 1. The highest BCUT2D eigenvalue weighted by molar-refractivity contribution is 9.10. The molecule has 2 aromatic carbocycles. The molecule has 0 saturated carbocycles. The van der Waals surface area contributed by atoms with Crippen LogP contribution in [0.1, 0.15) is 27.4 Å². The van der Waals surface area contributed by atoms with Crippen LogP contribution < -0.4 is 14.8 Å². The van der Waals surface area contributed by atoms with E-state index in [2.05, 4.69) is 26.0 Å². The van der Waals surface area contributed by atoms with Gasteiger partial charge >= 0.3 is 12.0 Å². The van der Waals surface area contributed by atoms with E-state index in [1.807, 2.05) is 18.2 Å². The predicted octanol–water partition coefficient (Wildman–Crippen LogP) is 5.16. The fourth-order valence-electron chi connectivity index (χ4n) is 3.47. The van der Waals surface area contributed by atoms with Crippen LogP contribution in [-0.4, -0.2) is 37.0 Å². The summed E-state index contributed by atoms with van der Waals surface area (Å²) in [5, 5.41) is 3.11. The number of amides is 3. The number of halogens is 2. The summed E-state index contributed by atoms with van der Waals surface area (Å²) in [6, 6.07) is 13.0. The minimum atomic E-state index is -0.660. The summed E-state index contributed by atoms with van der Waals surface area (Å²) in [4.78, 5) is 38.2. The third kappa shape index (κ3) is 5.39. The molecule has 1 aliphatic rings. The van der Waals surface area contributed by atoms with Gasteiger partial charge in [0, 0.05) is 20.6 Å². The molecule has 0 unspecified atom stereocenters. The molecule has 186 valence electrons. The van der Waals surface area contributed by atoms with Crippen molar-refractivity contribution in [2.45, 2.75) is 13.2 Å². The average molecular weight is 576 g/mol. The van der Waals surface area contributed by atoms with E-state index in [0.717, 1.165) is 10.5 Å². The van der Waals surface area contributed by atoms with Gasteiger partial charge < -0.3 is 23.9 Å². The molecule has 1 aromatic heterocycles. The first-order valence-corrected chi connectivity index (χ1v) is 11.7. The minimum absolute atomic E-state index is 0.0301. The number of carbonyl (C=O) groups excluding carboxylic acids is 3. The third-order valence-corrected chi connectivity index (χ3v) is 6.05. The van der Waals surface area contributed by atoms with Crippen LogP contribution in [0, 0.1) is 0 Å². The number of carbonyl (C=O) groups is 3. The van der Waals surface area contributed by atoms with Gasteiger partial charge in [0.2, 0.25) is 5.76 Å². The minimum Gasteiger partial charge on any atom is -0.493 e. The second-order valence-corrected chi connectivity index (χ2v) is 8.87. The van der Waals surface area contributed by atoms with E-state index in [1.165, 1.54) is 32.4 Å². The zero-order valence-electron chi connectivity index (χ0n) is 19.2. The molecular weight excluding hydrogens is 556 g/mol. The lowest BCUT2D eigenvalue weighted by Gasteiger charge is -2.15. The highest BCUT2D eigenvalue weighted by Gasteiger charge is 2.34. The molecule has 1 N–H and O–H groups in total. The smallest absolute Gasteiger partial charge is 0.373 e. The Morgan fingerprint density at radius 2 is 1.94 bits per heavy atom. The summed E-state index contributed by atoms with van der Waals surface area (Å²) in [6.07, 6.45) is 1.50. The van der Waals surface area contributed by atoms with E-state index < -0.39 is 17.9 Å². The Balaban J connectivity index is 1.60. The highest BCUT2D eigenvalue weighted by atomic mass is 79.9. The molecule has 11 heteroatoms. The number of nitrogens with zero attached hydrogens (tertiary/aromatic N) is 1. The van der Waals surface area contributed by atoms with Gasteiger partial charge in [-0.15, -0.1) is 0 Å². The quantitative estimate of drug-likeness (QED) is 0.225. The number of imide groups is 1. The van der Waals surface area contributed by atoms with Crippen molar-refractivity contribution in [3.8, 4) is 11.5 Å². The second-order valence-electron chi connectivity index (χ2n) is 7.54. The van der Waals surface area contributed by atoms with Crippen LogP contribution >= 0.6 is 27.5 Å². The zero-order chi connectivity index (χ0) is 25.8. The lowest BCUT2D eigenvalue weighted by molar-refractivity contribution is -0.123. The van der Waals surface area contributed by atoms with Crippen LogP contribution in [0.4, 0.5) is 4.79 Å². The van der Waals surface area contributed by atoms with E-state index in [4.69, 9.17) is 25.5 Å². The molecule has 4 rings (SSSR count). The van der Waals surface area contributed by atoms with E-state index in [0.29, 0.717) is 26.6 Å². The number of hydrogen-bond donors (Lipinski definition) is 1. The van der Waals surface area contributed by atoms with E-state index in [9.17, 15) is 14.4 Å². The van der Waals surface area contributed by atoms with Gasteiger partial charge in [-0.3, -0.25) is 9.69 Å². The Hall–Kier alpha value is -3.76. The van der Waals surface area contributed by atoms with E-state index >= 15 is 0 Å². The van der Waals surface area contributed by atoms with Crippen LogP contribution in [-0.2, 0) is 22.7 Å².